The second-order valence-corrected chi connectivity index (χ2v) is 3.58. The van der Waals surface area contributed by atoms with Gasteiger partial charge < -0.3 is 10.8 Å². The normalized spacial score (nSPS) is 12.8. The second kappa shape index (κ2) is 7.60. The van der Waals surface area contributed by atoms with E-state index in [9.17, 15) is 4.79 Å². The van der Waals surface area contributed by atoms with Gasteiger partial charge >= 0.3 is 5.97 Å². The summed E-state index contributed by atoms with van der Waals surface area (Å²) in [6.07, 6.45) is 8.48. The Labute approximate surface area is 111 Å². The van der Waals surface area contributed by atoms with Gasteiger partial charge in [-0.2, -0.15) is 10.2 Å². The fraction of sp³-hybridized carbons (Fsp3) is 0.0714. The molecule has 0 amide bonds. The van der Waals surface area contributed by atoms with Gasteiger partial charge in [0, 0.05) is 11.9 Å². The van der Waals surface area contributed by atoms with E-state index in [1.165, 1.54) is 18.3 Å². The Balaban J connectivity index is 2.60. The lowest BCUT2D eigenvalue weighted by Crippen LogP contribution is -1.93. The first-order valence-corrected chi connectivity index (χ1v) is 5.62. The van der Waals surface area contributed by atoms with Crippen LogP contribution in [0.15, 0.2) is 70.7 Å². The van der Waals surface area contributed by atoms with Crippen LogP contribution < -0.4 is 5.73 Å². The number of nitrogens with zero attached hydrogens (tertiary/aromatic N) is 2. The molecule has 0 saturated heterocycles. The summed E-state index contributed by atoms with van der Waals surface area (Å²) in [4.78, 5) is 10.6. The van der Waals surface area contributed by atoms with E-state index in [-0.39, 0.29) is 5.56 Å². The van der Waals surface area contributed by atoms with Crippen LogP contribution in [0, 0.1) is 0 Å². The summed E-state index contributed by atoms with van der Waals surface area (Å²) >= 11 is 0. The van der Waals surface area contributed by atoms with Crippen molar-refractivity contribution in [3.05, 3.63) is 66.0 Å². The van der Waals surface area contributed by atoms with Crippen LogP contribution in [-0.4, -0.2) is 11.1 Å². The van der Waals surface area contributed by atoms with Gasteiger partial charge in [0.15, 0.2) is 0 Å². The number of carboxylic acid groups (broad SMARTS) is 1. The number of hydrogen-bond donors (Lipinski definition) is 2. The highest BCUT2D eigenvalue weighted by Gasteiger charge is 2.00. The van der Waals surface area contributed by atoms with Gasteiger partial charge in [-0.15, -0.1) is 0 Å². The highest BCUT2D eigenvalue weighted by atomic mass is 16.4. The van der Waals surface area contributed by atoms with Crippen molar-refractivity contribution in [2.75, 3.05) is 0 Å². The molecule has 0 aromatic heterocycles. The first kappa shape index (κ1) is 14.4. The van der Waals surface area contributed by atoms with E-state index in [2.05, 4.69) is 10.2 Å². The molecule has 0 saturated carbocycles. The van der Waals surface area contributed by atoms with E-state index in [1.807, 2.05) is 13.0 Å². The number of rotatable bonds is 5. The Morgan fingerprint density at radius 1 is 1.32 bits per heavy atom. The standard InChI is InChI=1S/C14H15N3O2/c1-2-4-12(15)5-3-10-16-17-13-8-6-11(7-9-13)14(18)19/h2-10H,15H2,1H3,(H,18,19)/b4-2-,10-3+,12-5+,17-16?. The Kier molecular flexibility index (Phi) is 5.75. The molecule has 0 bridgehead atoms. The number of carboxylic acids is 1. The van der Waals surface area contributed by atoms with Crippen molar-refractivity contribution in [1.82, 2.24) is 0 Å². The van der Waals surface area contributed by atoms with Gasteiger partial charge in [-0.25, -0.2) is 4.79 Å². The Morgan fingerprint density at radius 3 is 2.58 bits per heavy atom. The number of aromatic carboxylic acids is 1. The SMILES string of the molecule is C\C=C/C(N)=C\C=C\N=Nc1ccc(C(=O)O)cc1. The van der Waals surface area contributed by atoms with E-state index >= 15 is 0 Å². The molecular weight excluding hydrogens is 242 g/mol. The molecule has 1 aromatic rings. The van der Waals surface area contributed by atoms with E-state index in [1.54, 1.807) is 30.4 Å². The monoisotopic (exact) mass is 257 g/mol. The Hall–Kier alpha value is -2.69. The number of hydrogen-bond acceptors (Lipinski definition) is 4. The number of allylic oxidation sites excluding steroid dienone is 4. The molecule has 1 aromatic carbocycles. The fourth-order valence-electron chi connectivity index (χ4n) is 1.21. The first-order valence-electron chi connectivity index (χ1n) is 5.62. The van der Waals surface area contributed by atoms with Crippen LogP contribution in [0.5, 0.6) is 0 Å². The summed E-state index contributed by atoms with van der Waals surface area (Å²) < 4.78 is 0. The van der Waals surface area contributed by atoms with Gasteiger partial charge in [0.25, 0.3) is 0 Å². The smallest absolute Gasteiger partial charge is 0.335 e. The zero-order valence-corrected chi connectivity index (χ0v) is 10.5. The molecule has 3 N–H and O–H groups in total. The van der Waals surface area contributed by atoms with E-state index in [0.717, 1.165) is 0 Å². The molecule has 1 rings (SSSR count). The van der Waals surface area contributed by atoms with Crippen molar-refractivity contribution < 1.29 is 9.90 Å². The predicted octanol–water partition coefficient (Wildman–Crippen LogP) is 3.40. The number of benzene rings is 1. The lowest BCUT2D eigenvalue weighted by atomic mass is 10.2. The van der Waals surface area contributed by atoms with Gasteiger partial charge in [0.1, 0.15) is 0 Å². The minimum absolute atomic E-state index is 0.219. The molecule has 0 spiro atoms. The van der Waals surface area contributed by atoms with Crippen LogP contribution in [0.25, 0.3) is 0 Å². The molecule has 0 aliphatic heterocycles. The molecule has 0 heterocycles. The molecule has 5 nitrogen and oxygen atoms in total. The summed E-state index contributed by atoms with van der Waals surface area (Å²) in [6, 6.07) is 6.13. The zero-order valence-electron chi connectivity index (χ0n) is 10.5. The van der Waals surface area contributed by atoms with Gasteiger partial charge in [-0.1, -0.05) is 6.08 Å². The lowest BCUT2D eigenvalue weighted by molar-refractivity contribution is 0.0697. The summed E-state index contributed by atoms with van der Waals surface area (Å²) in [5, 5.41) is 16.5. The largest absolute Gasteiger partial charge is 0.478 e. The van der Waals surface area contributed by atoms with Gasteiger partial charge in [-0.05, 0) is 49.4 Å². The van der Waals surface area contributed by atoms with E-state index < -0.39 is 5.97 Å². The van der Waals surface area contributed by atoms with Crippen LogP contribution in [0.3, 0.4) is 0 Å². The van der Waals surface area contributed by atoms with Gasteiger partial charge in [-0.3, -0.25) is 0 Å². The maximum Gasteiger partial charge on any atom is 0.335 e. The Bertz CT molecular complexity index is 540. The van der Waals surface area contributed by atoms with E-state index in [4.69, 9.17) is 10.8 Å². The van der Waals surface area contributed by atoms with Crippen LogP contribution in [0.2, 0.25) is 0 Å². The summed E-state index contributed by atoms with van der Waals surface area (Å²) in [5.41, 5.74) is 7.04. The van der Waals surface area contributed by atoms with Crippen molar-refractivity contribution in [2.24, 2.45) is 16.0 Å². The van der Waals surface area contributed by atoms with Crippen molar-refractivity contribution in [3.63, 3.8) is 0 Å². The third-order valence-corrected chi connectivity index (χ3v) is 2.09. The Morgan fingerprint density at radius 2 is 2.00 bits per heavy atom. The number of carbonyl (C=O) groups is 1. The summed E-state index contributed by atoms with van der Waals surface area (Å²) in [5.74, 6) is -0.965. The minimum Gasteiger partial charge on any atom is -0.478 e. The first-order chi connectivity index (χ1) is 9.13. The minimum atomic E-state index is -0.965. The molecule has 0 fully saturated rings. The van der Waals surface area contributed by atoms with Crippen molar-refractivity contribution in [1.29, 1.82) is 0 Å². The lowest BCUT2D eigenvalue weighted by Gasteiger charge is -1.93. The highest BCUT2D eigenvalue weighted by Crippen LogP contribution is 2.13. The van der Waals surface area contributed by atoms with Crippen LogP contribution in [0.4, 0.5) is 5.69 Å². The van der Waals surface area contributed by atoms with Gasteiger partial charge in [0.05, 0.1) is 11.3 Å². The molecule has 5 heteroatoms. The third kappa shape index (κ3) is 5.45. The number of azo groups is 1. The average Bonchev–Trinajstić information content (AvgIpc) is 2.39. The molecule has 0 unspecified atom stereocenters. The van der Waals surface area contributed by atoms with Crippen LogP contribution in [-0.2, 0) is 0 Å². The van der Waals surface area contributed by atoms with Gasteiger partial charge in [0.2, 0.25) is 0 Å². The molecule has 0 aliphatic rings. The predicted molar refractivity (Wildman–Crippen MR) is 74.1 cm³/mol. The average molecular weight is 257 g/mol. The molecule has 0 aliphatic carbocycles. The quantitative estimate of drug-likeness (QED) is 0.625. The van der Waals surface area contributed by atoms with Crippen molar-refractivity contribution in [3.8, 4) is 0 Å². The maximum absolute atomic E-state index is 10.6. The zero-order chi connectivity index (χ0) is 14.1. The maximum atomic E-state index is 10.6. The molecule has 19 heavy (non-hydrogen) atoms. The van der Waals surface area contributed by atoms with Crippen molar-refractivity contribution in [2.45, 2.75) is 6.92 Å². The highest BCUT2D eigenvalue weighted by molar-refractivity contribution is 5.87. The summed E-state index contributed by atoms with van der Waals surface area (Å²) in [6.45, 7) is 1.88. The fourth-order valence-corrected chi connectivity index (χ4v) is 1.21. The van der Waals surface area contributed by atoms with Crippen molar-refractivity contribution >= 4 is 11.7 Å². The summed E-state index contributed by atoms with van der Waals surface area (Å²) in [7, 11) is 0. The molecule has 0 atom stereocenters. The topological polar surface area (TPSA) is 88.0 Å². The van der Waals surface area contributed by atoms with E-state index in [0.29, 0.717) is 11.4 Å². The van der Waals surface area contributed by atoms with Crippen LogP contribution >= 0.6 is 0 Å². The molecular formula is C14H15N3O2. The molecule has 98 valence electrons. The molecule has 0 radical (unpaired) electrons. The third-order valence-electron chi connectivity index (χ3n) is 2.09. The number of nitrogens with two attached hydrogens (primary N) is 1. The second-order valence-electron chi connectivity index (χ2n) is 3.58. The van der Waals surface area contributed by atoms with Crippen LogP contribution in [0.1, 0.15) is 17.3 Å².